The molecule has 0 aromatic heterocycles. The van der Waals surface area contributed by atoms with Crippen molar-refractivity contribution in [2.24, 2.45) is 0 Å². The number of rotatable bonds is 1. The van der Waals surface area contributed by atoms with E-state index in [0.29, 0.717) is 5.92 Å². The molecular weight excluding hydrogens is 252 g/mol. The van der Waals surface area contributed by atoms with Gasteiger partial charge in [-0.25, -0.2) is 0 Å². The van der Waals surface area contributed by atoms with E-state index in [1.807, 2.05) is 0 Å². The minimum atomic E-state index is 0.691. The van der Waals surface area contributed by atoms with Crippen LogP contribution in [0.5, 0.6) is 0 Å². The lowest BCUT2D eigenvalue weighted by molar-refractivity contribution is 0.255. The third-order valence-electron chi connectivity index (χ3n) is 3.21. The number of halogens is 1. The van der Waals surface area contributed by atoms with Gasteiger partial charge >= 0.3 is 0 Å². The van der Waals surface area contributed by atoms with Crippen molar-refractivity contribution in [2.75, 3.05) is 25.9 Å². The number of benzene rings is 1. The fraction of sp³-hybridized carbons (Fsp3) is 0.500. The van der Waals surface area contributed by atoms with Gasteiger partial charge in [0.25, 0.3) is 0 Å². The molecule has 0 atom stereocenters. The number of piperidine rings is 1. The Morgan fingerprint density at radius 3 is 2.60 bits per heavy atom. The summed E-state index contributed by atoms with van der Waals surface area (Å²) < 4.78 is 0.999. The van der Waals surface area contributed by atoms with Crippen molar-refractivity contribution < 1.29 is 0 Å². The number of anilines is 1. The maximum Gasteiger partial charge on any atom is 0.0461 e. The molecule has 0 aliphatic carbocycles. The molecule has 1 aromatic rings. The predicted octanol–water partition coefficient (Wildman–Crippen LogP) is 2.84. The van der Waals surface area contributed by atoms with E-state index in [1.165, 1.54) is 31.5 Å². The van der Waals surface area contributed by atoms with Gasteiger partial charge in [-0.15, -0.1) is 0 Å². The first kappa shape index (κ1) is 11.0. The quantitative estimate of drug-likeness (QED) is 0.794. The number of nitrogens with two attached hydrogens (primary N) is 1. The predicted molar refractivity (Wildman–Crippen MR) is 68.0 cm³/mol. The van der Waals surface area contributed by atoms with Gasteiger partial charge in [-0.05, 0) is 72.5 Å². The fourth-order valence-corrected chi connectivity index (χ4v) is 2.40. The van der Waals surface area contributed by atoms with Crippen molar-refractivity contribution in [2.45, 2.75) is 18.8 Å². The highest BCUT2D eigenvalue weighted by Crippen LogP contribution is 2.30. The van der Waals surface area contributed by atoms with Gasteiger partial charge in [0.15, 0.2) is 0 Å². The van der Waals surface area contributed by atoms with Crippen LogP contribution in [0.25, 0.3) is 0 Å². The van der Waals surface area contributed by atoms with E-state index >= 15 is 0 Å². The summed E-state index contributed by atoms with van der Waals surface area (Å²) in [6, 6.07) is 6.36. The molecule has 82 valence electrons. The van der Waals surface area contributed by atoms with Crippen LogP contribution in [0.15, 0.2) is 22.7 Å². The number of likely N-dealkylation sites (tertiary alicyclic amines) is 1. The van der Waals surface area contributed by atoms with Gasteiger partial charge in [0.05, 0.1) is 0 Å². The van der Waals surface area contributed by atoms with E-state index in [2.05, 4.69) is 46.1 Å². The Balaban J connectivity index is 2.12. The van der Waals surface area contributed by atoms with E-state index in [9.17, 15) is 0 Å². The molecule has 1 saturated heterocycles. The first-order chi connectivity index (χ1) is 7.16. The molecule has 1 heterocycles. The molecule has 0 amide bonds. The second-order valence-electron chi connectivity index (χ2n) is 4.36. The Morgan fingerprint density at radius 2 is 2.00 bits per heavy atom. The topological polar surface area (TPSA) is 29.3 Å². The van der Waals surface area contributed by atoms with Gasteiger partial charge in [0.2, 0.25) is 0 Å². The molecule has 2 nitrogen and oxygen atoms in total. The Bertz CT molecular complexity index is 343. The molecule has 0 unspecified atom stereocenters. The van der Waals surface area contributed by atoms with Crippen molar-refractivity contribution >= 4 is 21.6 Å². The molecule has 1 aliphatic heterocycles. The van der Waals surface area contributed by atoms with Crippen LogP contribution in [-0.4, -0.2) is 25.0 Å². The molecule has 15 heavy (non-hydrogen) atoms. The van der Waals surface area contributed by atoms with E-state index in [-0.39, 0.29) is 0 Å². The summed E-state index contributed by atoms with van der Waals surface area (Å²) in [6.07, 6.45) is 2.50. The number of nitrogens with zero attached hydrogens (tertiary/aromatic N) is 1. The normalized spacial score (nSPS) is 19.3. The summed E-state index contributed by atoms with van der Waals surface area (Å²) >= 11 is 3.43. The third kappa shape index (κ3) is 2.52. The van der Waals surface area contributed by atoms with Crippen LogP contribution in [0.2, 0.25) is 0 Å². The maximum atomic E-state index is 5.90. The van der Waals surface area contributed by atoms with E-state index in [0.717, 1.165) is 10.2 Å². The summed E-state index contributed by atoms with van der Waals surface area (Å²) in [5.41, 5.74) is 8.14. The van der Waals surface area contributed by atoms with Crippen LogP contribution < -0.4 is 5.73 Å². The lowest BCUT2D eigenvalue weighted by atomic mass is 9.89. The van der Waals surface area contributed by atoms with Crippen LogP contribution in [0.4, 0.5) is 5.69 Å². The molecule has 2 rings (SSSR count). The average molecular weight is 269 g/mol. The Hall–Kier alpha value is -0.540. The van der Waals surface area contributed by atoms with Crippen molar-refractivity contribution in [1.29, 1.82) is 0 Å². The fourth-order valence-electron chi connectivity index (χ4n) is 2.16. The summed E-state index contributed by atoms with van der Waals surface area (Å²) in [6.45, 7) is 2.39. The summed E-state index contributed by atoms with van der Waals surface area (Å²) in [5.74, 6) is 0.691. The second-order valence-corrected chi connectivity index (χ2v) is 5.21. The summed E-state index contributed by atoms with van der Waals surface area (Å²) in [5, 5.41) is 0. The first-order valence-corrected chi connectivity index (χ1v) is 6.19. The lowest BCUT2D eigenvalue weighted by Gasteiger charge is -2.29. The van der Waals surface area contributed by atoms with Crippen LogP contribution in [0, 0.1) is 0 Å². The summed E-state index contributed by atoms with van der Waals surface area (Å²) in [4.78, 5) is 2.39. The van der Waals surface area contributed by atoms with Crippen LogP contribution >= 0.6 is 15.9 Å². The minimum absolute atomic E-state index is 0.691. The molecule has 2 N–H and O–H groups in total. The molecule has 0 radical (unpaired) electrons. The van der Waals surface area contributed by atoms with Crippen LogP contribution in [-0.2, 0) is 0 Å². The zero-order valence-electron chi connectivity index (χ0n) is 9.04. The van der Waals surface area contributed by atoms with E-state index in [4.69, 9.17) is 5.73 Å². The number of nitrogen functional groups attached to an aromatic ring is 1. The molecule has 0 spiro atoms. The first-order valence-electron chi connectivity index (χ1n) is 5.40. The number of hydrogen-bond acceptors (Lipinski definition) is 2. The Labute approximate surface area is 99.6 Å². The second kappa shape index (κ2) is 4.54. The molecule has 1 fully saturated rings. The van der Waals surface area contributed by atoms with Gasteiger partial charge in [-0.2, -0.15) is 0 Å². The molecule has 3 heteroatoms. The van der Waals surface area contributed by atoms with E-state index < -0.39 is 0 Å². The zero-order valence-corrected chi connectivity index (χ0v) is 10.6. The van der Waals surface area contributed by atoms with Gasteiger partial charge < -0.3 is 10.6 Å². The van der Waals surface area contributed by atoms with Crippen molar-refractivity contribution in [3.63, 3.8) is 0 Å². The van der Waals surface area contributed by atoms with Crippen molar-refractivity contribution in [3.05, 3.63) is 28.2 Å². The Morgan fingerprint density at radius 1 is 1.33 bits per heavy atom. The maximum absolute atomic E-state index is 5.90. The van der Waals surface area contributed by atoms with E-state index in [1.54, 1.807) is 0 Å². The smallest absolute Gasteiger partial charge is 0.0461 e. The van der Waals surface area contributed by atoms with Gasteiger partial charge in [0, 0.05) is 10.2 Å². The molecular formula is C12H17BrN2. The van der Waals surface area contributed by atoms with Gasteiger partial charge in [0.1, 0.15) is 0 Å². The SMILES string of the molecule is CN1CCC(c2ccc(Br)c(N)c2)CC1. The van der Waals surface area contributed by atoms with Gasteiger partial charge in [-0.1, -0.05) is 6.07 Å². The standard InChI is InChI=1S/C12H17BrN2/c1-15-6-4-9(5-7-15)10-2-3-11(13)12(14)8-10/h2-3,8-9H,4-7,14H2,1H3. The highest BCUT2D eigenvalue weighted by molar-refractivity contribution is 9.10. The van der Waals surface area contributed by atoms with Crippen molar-refractivity contribution in [1.82, 2.24) is 4.90 Å². The Kier molecular flexibility index (Phi) is 3.32. The third-order valence-corrected chi connectivity index (χ3v) is 3.93. The highest BCUT2D eigenvalue weighted by atomic mass is 79.9. The lowest BCUT2D eigenvalue weighted by Crippen LogP contribution is -2.29. The highest BCUT2D eigenvalue weighted by Gasteiger charge is 2.18. The number of hydrogen-bond donors (Lipinski definition) is 1. The molecule has 1 aliphatic rings. The molecule has 1 aromatic carbocycles. The molecule has 0 saturated carbocycles. The monoisotopic (exact) mass is 268 g/mol. The average Bonchev–Trinajstić information content (AvgIpc) is 2.23. The van der Waals surface area contributed by atoms with Crippen LogP contribution in [0.1, 0.15) is 24.3 Å². The molecule has 0 bridgehead atoms. The van der Waals surface area contributed by atoms with Crippen LogP contribution in [0.3, 0.4) is 0 Å². The minimum Gasteiger partial charge on any atom is -0.398 e. The van der Waals surface area contributed by atoms with Crippen molar-refractivity contribution in [3.8, 4) is 0 Å². The summed E-state index contributed by atoms with van der Waals surface area (Å²) in [7, 11) is 2.19. The zero-order chi connectivity index (χ0) is 10.8. The van der Waals surface area contributed by atoms with Gasteiger partial charge in [-0.3, -0.25) is 0 Å². The largest absolute Gasteiger partial charge is 0.398 e.